The normalized spacial score (nSPS) is 11.7. The molecule has 0 amide bonds. The molecule has 0 unspecified atom stereocenters. The number of hydrogen-bond acceptors (Lipinski definition) is 4. The van der Waals surface area contributed by atoms with Gasteiger partial charge in [0.25, 0.3) is 0 Å². The molecule has 0 saturated carbocycles. The summed E-state index contributed by atoms with van der Waals surface area (Å²) in [5.74, 6) is 2.54. The molecule has 2 heterocycles. The lowest BCUT2D eigenvalue weighted by molar-refractivity contribution is 0.533. The Bertz CT molecular complexity index is 805. The van der Waals surface area contributed by atoms with Gasteiger partial charge < -0.3 is 5.32 Å². The van der Waals surface area contributed by atoms with Crippen molar-refractivity contribution in [2.75, 3.05) is 13.2 Å². The fraction of sp³-hybridized carbons (Fsp3) is 0.190. The van der Waals surface area contributed by atoms with E-state index in [0.717, 1.165) is 0 Å². The standard InChI is InChI=1S/C21H21FN4/c1-2-3-4-9-17(15-22)16-26-21(20-11-6-8-13-25-20)14-18(23)19-10-5-7-12-24-19/h1,5-14,23,26H,3-4,15-16H2/b17-9+,21-14-,23-18?. The largest absolute Gasteiger partial charge is 0.379 e. The van der Waals surface area contributed by atoms with Gasteiger partial charge in [-0.1, -0.05) is 18.2 Å². The van der Waals surface area contributed by atoms with Crippen molar-refractivity contribution >= 4 is 11.4 Å². The molecule has 0 radical (unpaired) electrons. The highest BCUT2D eigenvalue weighted by molar-refractivity contribution is 6.08. The molecule has 0 aromatic carbocycles. The predicted octanol–water partition coefficient (Wildman–Crippen LogP) is 3.78. The summed E-state index contributed by atoms with van der Waals surface area (Å²) < 4.78 is 13.2. The smallest absolute Gasteiger partial charge is 0.112 e. The summed E-state index contributed by atoms with van der Waals surface area (Å²) in [7, 11) is 0. The van der Waals surface area contributed by atoms with Gasteiger partial charge in [0.05, 0.1) is 22.8 Å². The van der Waals surface area contributed by atoms with E-state index in [1.807, 2.05) is 30.3 Å². The van der Waals surface area contributed by atoms with Crippen LogP contribution in [0.5, 0.6) is 0 Å². The van der Waals surface area contributed by atoms with Crippen LogP contribution in [0.25, 0.3) is 5.70 Å². The molecular formula is C21H21FN4. The second-order valence-corrected chi connectivity index (χ2v) is 5.49. The maximum atomic E-state index is 13.2. The summed E-state index contributed by atoms with van der Waals surface area (Å²) in [5.41, 5.74) is 2.73. The molecule has 0 atom stereocenters. The number of aromatic nitrogens is 2. The highest BCUT2D eigenvalue weighted by Gasteiger charge is 2.07. The van der Waals surface area contributed by atoms with E-state index in [1.54, 1.807) is 30.6 Å². The van der Waals surface area contributed by atoms with Crippen molar-refractivity contribution in [2.45, 2.75) is 12.8 Å². The van der Waals surface area contributed by atoms with E-state index in [1.165, 1.54) is 0 Å². The monoisotopic (exact) mass is 348 g/mol. The first-order chi connectivity index (χ1) is 12.7. The van der Waals surface area contributed by atoms with Crippen LogP contribution in [-0.2, 0) is 0 Å². The van der Waals surface area contributed by atoms with E-state index < -0.39 is 6.67 Å². The van der Waals surface area contributed by atoms with E-state index in [-0.39, 0.29) is 5.71 Å². The first kappa shape index (κ1) is 19.1. The average molecular weight is 348 g/mol. The molecule has 132 valence electrons. The van der Waals surface area contributed by atoms with Crippen LogP contribution in [0.3, 0.4) is 0 Å². The van der Waals surface area contributed by atoms with Gasteiger partial charge in [-0.25, -0.2) is 4.39 Å². The van der Waals surface area contributed by atoms with Crippen molar-refractivity contribution in [3.63, 3.8) is 0 Å². The number of terminal acetylenes is 1. The average Bonchev–Trinajstić information content (AvgIpc) is 2.70. The van der Waals surface area contributed by atoms with Crippen molar-refractivity contribution in [1.29, 1.82) is 5.41 Å². The van der Waals surface area contributed by atoms with Crippen LogP contribution < -0.4 is 5.32 Å². The molecule has 0 bridgehead atoms. The third-order valence-corrected chi connectivity index (χ3v) is 3.57. The van der Waals surface area contributed by atoms with Crippen LogP contribution in [0.1, 0.15) is 24.2 Å². The van der Waals surface area contributed by atoms with Crippen LogP contribution in [0, 0.1) is 17.8 Å². The highest BCUT2D eigenvalue weighted by atomic mass is 19.1. The van der Waals surface area contributed by atoms with Crippen LogP contribution in [0.2, 0.25) is 0 Å². The second kappa shape index (κ2) is 10.6. The first-order valence-electron chi connectivity index (χ1n) is 8.29. The maximum Gasteiger partial charge on any atom is 0.112 e. The number of halogens is 1. The predicted molar refractivity (Wildman–Crippen MR) is 103 cm³/mol. The molecule has 2 aromatic rings. The summed E-state index contributed by atoms with van der Waals surface area (Å²) in [5, 5.41) is 11.4. The van der Waals surface area contributed by atoms with Gasteiger partial charge in [-0.05, 0) is 42.3 Å². The number of allylic oxidation sites excluding steroid dienone is 2. The Morgan fingerprint density at radius 2 is 1.85 bits per heavy atom. The Balaban J connectivity index is 2.20. The third-order valence-electron chi connectivity index (χ3n) is 3.57. The van der Waals surface area contributed by atoms with Gasteiger partial charge in [0.2, 0.25) is 0 Å². The number of nitrogens with zero attached hydrogens (tertiary/aromatic N) is 2. The molecule has 0 aliphatic rings. The van der Waals surface area contributed by atoms with E-state index >= 15 is 0 Å². The number of alkyl halides is 1. The number of hydrogen-bond donors (Lipinski definition) is 2. The summed E-state index contributed by atoms with van der Waals surface area (Å²) in [4.78, 5) is 8.50. The fourth-order valence-corrected chi connectivity index (χ4v) is 2.22. The van der Waals surface area contributed by atoms with Gasteiger partial charge in [-0.3, -0.25) is 15.4 Å². The molecule has 2 N–H and O–H groups in total. The lowest BCUT2D eigenvalue weighted by Crippen LogP contribution is -2.18. The van der Waals surface area contributed by atoms with Gasteiger partial charge in [0, 0.05) is 25.4 Å². The van der Waals surface area contributed by atoms with E-state index in [9.17, 15) is 4.39 Å². The zero-order valence-electron chi connectivity index (χ0n) is 14.5. The second-order valence-electron chi connectivity index (χ2n) is 5.49. The van der Waals surface area contributed by atoms with Crippen LogP contribution >= 0.6 is 0 Å². The lowest BCUT2D eigenvalue weighted by Gasteiger charge is -2.12. The van der Waals surface area contributed by atoms with Gasteiger partial charge in [-0.15, -0.1) is 12.3 Å². The van der Waals surface area contributed by atoms with Crippen molar-refractivity contribution in [1.82, 2.24) is 15.3 Å². The third kappa shape index (κ3) is 5.99. The molecule has 0 aliphatic carbocycles. The van der Waals surface area contributed by atoms with Crippen molar-refractivity contribution in [3.8, 4) is 12.3 Å². The molecule has 0 saturated heterocycles. The van der Waals surface area contributed by atoms with Crippen LogP contribution in [-0.4, -0.2) is 28.9 Å². The molecule has 2 aromatic heterocycles. The van der Waals surface area contributed by atoms with Gasteiger partial charge >= 0.3 is 0 Å². The Kier molecular flexibility index (Phi) is 7.75. The van der Waals surface area contributed by atoms with Gasteiger partial charge in [-0.2, -0.15) is 0 Å². The Hall–Kier alpha value is -3.26. The van der Waals surface area contributed by atoms with Crippen LogP contribution in [0.15, 0.2) is 66.5 Å². The SMILES string of the molecule is C#CCC/C=C(\CF)CN/C(=C\C(=N)c1ccccn1)c1ccccn1. The van der Waals surface area contributed by atoms with Gasteiger partial charge in [0.15, 0.2) is 0 Å². The minimum atomic E-state index is -0.551. The zero-order valence-corrected chi connectivity index (χ0v) is 14.5. The molecule has 4 nitrogen and oxygen atoms in total. The van der Waals surface area contributed by atoms with E-state index in [2.05, 4.69) is 21.2 Å². The summed E-state index contributed by atoms with van der Waals surface area (Å²) in [6.45, 7) is -0.232. The van der Waals surface area contributed by atoms with E-state index in [4.69, 9.17) is 11.8 Å². The van der Waals surface area contributed by atoms with Crippen molar-refractivity contribution < 1.29 is 4.39 Å². The maximum absolute atomic E-state index is 13.2. The van der Waals surface area contributed by atoms with E-state index in [0.29, 0.717) is 42.0 Å². The quantitative estimate of drug-likeness (QED) is 0.314. The van der Waals surface area contributed by atoms with Crippen molar-refractivity contribution in [2.24, 2.45) is 0 Å². The molecule has 0 fully saturated rings. The Labute approximate surface area is 153 Å². The topological polar surface area (TPSA) is 61.7 Å². The Morgan fingerprint density at radius 1 is 1.15 bits per heavy atom. The number of nitrogens with one attached hydrogen (secondary N) is 2. The molecule has 0 aliphatic heterocycles. The summed E-state index contributed by atoms with van der Waals surface area (Å²) in [6.07, 6.45) is 13.2. The summed E-state index contributed by atoms with van der Waals surface area (Å²) in [6, 6.07) is 10.9. The molecule has 26 heavy (non-hydrogen) atoms. The number of pyridine rings is 2. The van der Waals surface area contributed by atoms with Crippen molar-refractivity contribution in [3.05, 3.63) is 77.9 Å². The first-order valence-corrected chi connectivity index (χ1v) is 8.29. The van der Waals surface area contributed by atoms with Gasteiger partial charge in [0.1, 0.15) is 6.67 Å². The number of rotatable bonds is 9. The molecule has 2 rings (SSSR count). The molecule has 5 heteroatoms. The molecule has 0 spiro atoms. The molecular weight excluding hydrogens is 327 g/mol. The number of unbranched alkanes of at least 4 members (excludes halogenated alkanes) is 1. The minimum absolute atomic E-state index is 0.247. The Morgan fingerprint density at radius 3 is 2.42 bits per heavy atom. The summed E-state index contributed by atoms with van der Waals surface area (Å²) >= 11 is 0. The fourth-order valence-electron chi connectivity index (χ4n) is 2.22. The minimum Gasteiger partial charge on any atom is -0.379 e. The highest BCUT2D eigenvalue weighted by Crippen LogP contribution is 2.11. The lowest BCUT2D eigenvalue weighted by atomic mass is 10.1. The van der Waals surface area contributed by atoms with Crippen LogP contribution in [0.4, 0.5) is 4.39 Å². The zero-order chi connectivity index (χ0) is 18.6.